The average molecular weight is 756 g/mol. The molecule has 50 heavy (non-hydrogen) atoms. The van der Waals surface area contributed by atoms with Gasteiger partial charge in [-0.2, -0.15) is 12.1 Å². The molecule has 0 nitrogen and oxygen atoms in total. The Morgan fingerprint density at radius 3 is 1.58 bits per heavy atom. The summed E-state index contributed by atoms with van der Waals surface area (Å²) in [4.78, 5) is 0. The molecule has 2 heteroatoms. The Kier molecular flexibility index (Phi) is 15.7. The van der Waals surface area contributed by atoms with E-state index in [4.69, 9.17) is 0 Å². The van der Waals surface area contributed by atoms with E-state index in [1.54, 1.807) is 0 Å². The van der Waals surface area contributed by atoms with Crippen LogP contribution in [-0.4, -0.2) is 6.88 Å². The Bertz CT molecular complexity index is 1930. The Morgan fingerprint density at radius 1 is 0.620 bits per heavy atom. The second-order valence-corrected chi connectivity index (χ2v) is 16.1. The number of aryl methyl sites for hydroxylation is 1. The van der Waals surface area contributed by atoms with Gasteiger partial charge >= 0.3 is 30.2 Å². The molecule has 0 aliphatic heterocycles. The van der Waals surface area contributed by atoms with Gasteiger partial charge in [0.1, 0.15) is 0 Å². The molecule has 0 saturated carbocycles. The van der Waals surface area contributed by atoms with E-state index in [2.05, 4.69) is 186 Å². The van der Waals surface area contributed by atoms with Gasteiger partial charge in [-0.25, -0.2) is 0 Å². The van der Waals surface area contributed by atoms with Crippen LogP contribution >= 0.6 is 0 Å². The normalized spacial score (nSPS) is 11.4. The molecule has 2 radical (unpaired) electrons. The molecule has 0 spiro atoms. The summed E-state index contributed by atoms with van der Waals surface area (Å²) in [5.41, 5.74) is 12.7. The van der Waals surface area contributed by atoms with Crippen molar-refractivity contribution in [1.82, 2.24) is 0 Å². The Morgan fingerprint density at radius 2 is 1.12 bits per heavy atom. The molecule has 0 aliphatic carbocycles. The van der Waals surface area contributed by atoms with Crippen LogP contribution in [0, 0.1) is 27.7 Å². The van der Waals surface area contributed by atoms with Crippen molar-refractivity contribution < 1.29 is 23.3 Å². The third-order valence-electron chi connectivity index (χ3n) is 9.37. The topological polar surface area (TPSA) is 0 Å². The van der Waals surface area contributed by atoms with Crippen molar-refractivity contribution in [2.24, 2.45) is 5.92 Å². The van der Waals surface area contributed by atoms with E-state index >= 15 is 0 Å². The SMILES string of the molecule is CC(C)c1cc2c(-c3ccc(C(C)(C)C)cc3)cccc2[cH-]1.Cc1ccc(-c2ccc(C(C)(C)C)cc2)c2cc(CC(C)C)[cH-]c12.[CH3-].[CH3-].[Si]=[Zr]. The third kappa shape index (κ3) is 10.4. The summed E-state index contributed by atoms with van der Waals surface area (Å²) in [6.07, 6.45) is 1.15. The quantitative estimate of drug-likeness (QED) is 0.121. The van der Waals surface area contributed by atoms with Crippen molar-refractivity contribution in [2.45, 2.75) is 99.3 Å². The van der Waals surface area contributed by atoms with Gasteiger partial charge in [-0.15, -0.1) is 68.6 Å². The summed E-state index contributed by atoms with van der Waals surface area (Å²) in [6, 6.07) is 38.8. The first-order chi connectivity index (χ1) is 22.6. The van der Waals surface area contributed by atoms with Crippen molar-refractivity contribution in [2.75, 3.05) is 0 Å². The molecule has 0 atom stereocenters. The second kappa shape index (κ2) is 18.1. The van der Waals surface area contributed by atoms with Crippen molar-refractivity contribution >= 4 is 28.4 Å². The van der Waals surface area contributed by atoms with Crippen molar-refractivity contribution in [1.29, 1.82) is 0 Å². The molecule has 0 amide bonds. The minimum absolute atomic E-state index is 0. The summed E-state index contributed by atoms with van der Waals surface area (Å²) < 4.78 is 0. The molecule has 0 N–H and O–H groups in total. The van der Waals surface area contributed by atoms with Crippen LogP contribution in [0.4, 0.5) is 0 Å². The van der Waals surface area contributed by atoms with Crippen LogP contribution in [0.25, 0.3) is 43.8 Å². The summed E-state index contributed by atoms with van der Waals surface area (Å²) in [5.74, 6) is 1.26. The second-order valence-electron chi connectivity index (χ2n) is 16.1. The van der Waals surface area contributed by atoms with Gasteiger partial charge in [0.15, 0.2) is 0 Å². The predicted molar refractivity (Wildman–Crippen MR) is 223 cm³/mol. The molecule has 0 saturated heterocycles. The van der Waals surface area contributed by atoms with E-state index in [9.17, 15) is 0 Å². The van der Waals surface area contributed by atoms with Gasteiger partial charge in [0.25, 0.3) is 0 Å². The molecule has 0 fully saturated rings. The van der Waals surface area contributed by atoms with E-state index in [1.807, 2.05) is 0 Å². The molecule has 6 aromatic rings. The van der Waals surface area contributed by atoms with Crippen LogP contribution in [0.15, 0.2) is 103 Å². The fourth-order valence-corrected chi connectivity index (χ4v) is 6.49. The Hall–Kier alpha value is -2.80. The molecule has 0 aromatic heterocycles. The number of benzene rings is 4. The van der Waals surface area contributed by atoms with Crippen molar-refractivity contribution in [3.05, 3.63) is 146 Å². The molecule has 0 aliphatic rings. The summed E-state index contributed by atoms with van der Waals surface area (Å²) in [5, 5.41) is 5.52. The van der Waals surface area contributed by atoms with Crippen molar-refractivity contribution in [3.63, 3.8) is 0 Å². The summed E-state index contributed by atoms with van der Waals surface area (Å²) >= 11 is 1.36. The average Bonchev–Trinajstić information content (AvgIpc) is 3.67. The monoisotopic (exact) mass is 754 g/mol. The Balaban J connectivity index is 0.000000319. The van der Waals surface area contributed by atoms with E-state index < -0.39 is 0 Å². The first kappa shape index (κ1) is 43.4. The molecule has 0 bridgehead atoms. The van der Waals surface area contributed by atoms with E-state index in [-0.39, 0.29) is 25.7 Å². The predicted octanol–water partition coefficient (Wildman–Crippen LogP) is 14.2. The zero-order chi connectivity index (χ0) is 35.4. The van der Waals surface area contributed by atoms with Crippen LogP contribution in [-0.2, 0) is 40.6 Å². The first-order valence-electron chi connectivity index (χ1n) is 17.5. The zero-order valence-electron chi connectivity index (χ0n) is 33.2. The van der Waals surface area contributed by atoms with Crippen LogP contribution in [0.2, 0.25) is 0 Å². The third-order valence-corrected chi connectivity index (χ3v) is 9.37. The maximum absolute atomic E-state index is 3.06. The van der Waals surface area contributed by atoms with Gasteiger partial charge in [-0.3, -0.25) is 0 Å². The van der Waals surface area contributed by atoms with Gasteiger partial charge in [0.05, 0.1) is 0 Å². The van der Waals surface area contributed by atoms with Gasteiger partial charge in [0, 0.05) is 0 Å². The van der Waals surface area contributed by atoms with Gasteiger partial charge in [0.2, 0.25) is 0 Å². The number of hydrogen-bond acceptors (Lipinski definition) is 0. The number of fused-ring (bicyclic) bond motifs is 2. The van der Waals surface area contributed by atoms with Crippen molar-refractivity contribution in [3.8, 4) is 22.3 Å². The summed E-state index contributed by atoms with van der Waals surface area (Å²) in [7, 11) is 0. The van der Waals surface area contributed by atoms with E-state index in [0.717, 1.165) is 6.42 Å². The summed E-state index contributed by atoms with van der Waals surface area (Å²) in [6.45, 7) is 27.9. The van der Waals surface area contributed by atoms with E-state index in [0.29, 0.717) is 11.8 Å². The zero-order valence-corrected chi connectivity index (χ0v) is 36.6. The van der Waals surface area contributed by atoms with Crippen LogP contribution in [0.3, 0.4) is 0 Å². The molecule has 6 rings (SSSR count). The van der Waals surface area contributed by atoms with Crippen LogP contribution in [0.5, 0.6) is 0 Å². The standard InChI is InChI=1S/C24H29.C22H25.2CH3.Si.Zr/c1-16(2)13-18-14-22-17(3)7-12-21(23(22)15-18)19-8-10-20(11-9-19)24(4,5)6;1-15(2)18-13-17-7-6-8-20(21(17)14-18)16-9-11-19(12-10-16)22(3,4)5;;;;/h7-12,14-16H,13H2,1-6H3;6-15H,1-5H3;2*1H3;;/q4*-1;;. The van der Waals surface area contributed by atoms with Gasteiger partial charge in [-0.1, -0.05) is 148 Å². The fraction of sp³-hybridized carbons (Fsp3) is 0.333. The number of hydrogen-bond donors (Lipinski definition) is 0. The molecular weight excluding hydrogens is 696 g/mol. The first-order valence-corrected chi connectivity index (χ1v) is 21.7. The maximum atomic E-state index is 3.06. The van der Waals surface area contributed by atoms with E-state index in [1.165, 1.54) is 95.0 Å². The molecule has 0 heterocycles. The van der Waals surface area contributed by atoms with Crippen LogP contribution in [0.1, 0.15) is 103 Å². The molecule has 6 aromatic carbocycles. The van der Waals surface area contributed by atoms with Crippen LogP contribution < -0.4 is 0 Å². The molecule has 264 valence electrons. The fourth-order valence-electron chi connectivity index (χ4n) is 6.49. The van der Waals surface area contributed by atoms with Gasteiger partial charge < -0.3 is 14.9 Å². The Labute approximate surface area is 323 Å². The molecule has 0 unspecified atom stereocenters. The molecular formula is C48H60SiZr-4. The number of rotatable bonds is 5. The van der Waals surface area contributed by atoms with Gasteiger partial charge in [-0.05, 0) is 51.3 Å². The minimum atomic E-state index is 0.